The zero-order valence-electron chi connectivity index (χ0n) is 20.1. The van der Waals surface area contributed by atoms with Gasteiger partial charge in [0.1, 0.15) is 0 Å². The maximum absolute atomic E-state index is 5.75. The molecule has 0 saturated carbocycles. The highest BCUT2D eigenvalue weighted by Gasteiger charge is 1.98. The number of pyridine rings is 1. The van der Waals surface area contributed by atoms with E-state index >= 15 is 0 Å². The van der Waals surface area contributed by atoms with Crippen molar-refractivity contribution >= 4 is 11.4 Å². The summed E-state index contributed by atoms with van der Waals surface area (Å²) in [6.07, 6.45) is 4.00. The van der Waals surface area contributed by atoms with E-state index in [9.17, 15) is 0 Å². The van der Waals surface area contributed by atoms with Crippen molar-refractivity contribution in [1.29, 1.82) is 0 Å². The average Bonchev–Trinajstić information content (AvgIpc) is 2.71. The van der Waals surface area contributed by atoms with Gasteiger partial charge in [0.2, 0.25) is 0 Å². The van der Waals surface area contributed by atoms with Crippen molar-refractivity contribution in [2.75, 3.05) is 11.5 Å². The Hall–Kier alpha value is -2.81. The van der Waals surface area contributed by atoms with Gasteiger partial charge in [-0.25, -0.2) is 0 Å². The number of nitrogens with two attached hydrogens (primary N) is 2. The van der Waals surface area contributed by atoms with Crippen molar-refractivity contribution in [2.24, 2.45) is 0 Å². The maximum Gasteiger partial charge on any atom is 0.0432 e. The monoisotopic (exact) mass is 405 g/mol. The minimum Gasteiger partial charge on any atom is -0.398 e. The zero-order valence-corrected chi connectivity index (χ0v) is 20.1. The molecule has 3 heteroatoms. The van der Waals surface area contributed by atoms with Crippen LogP contribution in [0.4, 0.5) is 11.4 Å². The fraction of sp³-hybridized carbons (Fsp3) is 0.370. The summed E-state index contributed by atoms with van der Waals surface area (Å²) in [7, 11) is 0. The third-order valence-electron chi connectivity index (χ3n) is 5.18. The Labute approximate surface area is 183 Å². The lowest BCUT2D eigenvalue weighted by Gasteiger charge is -2.04. The van der Waals surface area contributed by atoms with Crippen LogP contribution in [0, 0.1) is 41.5 Å². The van der Waals surface area contributed by atoms with Crippen LogP contribution in [-0.4, -0.2) is 4.98 Å². The van der Waals surface area contributed by atoms with E-state index in [1.807, 2.05) is 40.0 Å². The van der Waals surface area contributed by atoms with Crippen LogP contribution in [0.15, 0.2) is 42.6 Å². The van der Waals surface area contributed by atoms with E-state index in [1.165, 1.54) is 44.6 Å². The predicted octanol–water partition coefficient (Wildman–Crippen LogP) is 6.59. The molecule has 0 atom stereocenters. The molecule has 0 aliphatic carbocycles. The lowest BCUT2D eigenvalue weighted by atomic mass is 10.1. The third-order valence-corrected chi connectivity index (χ3v) is 5.18. The summed E-state index contributed by atoms with van der Waals surface area (Å²) in [5, 5.41) is 0. The number of anilines is 2. The van der Waals surface area contributed by atoms with Crippen molar-refractivity contribution in [3.05, 3.63) is 87.2 Å². The molecule has 3 aromatic rings. The van der Waals surface area contributed by atoms with Gasteiger partial charge in [0.05, 0.1) is 0 Å². The molecular formula is C27H39N3. The number of nitrogen functional groups attached to an aromatic ring is 2. The number of nitrogens with zero attached hydrogens (tertiary/aromatic N) is 1. The quantitative estimate of drug-likeness (QED) is 0.472. The first-order valence-corrected chi connectivity index (χ1v) is 10.7. The molecule has 0 spiro atoms. The number of rotatable bonds is 2. The van der Waals surface area contributed by atoms with E-state index in [4.69, 9.17) is 11.5 Å². The zero-order chi connectivity index (χ0) is 22.8. The molecule has 0 saturated heterocycles. The molecule has 1 aromatic heterocycles. The highest BCUT2D eigenvalue weighted by Crippen LogP contribution is 2.18. The van der Waals surface area contributed by atoms with Gasteiger partial charge in [-0.2, -0.15) is 0 Å². The number of benzene rings is 2. The lowest BCUT2D eigenvalue weighted by Crippen LogP contribution is -1.93. The molecule has 0 radical (unpaired) electrons. The van der Waals surface area contributed by atoms with Gasteiger partial charge in [-0.05, 0) is 88.3 Å². The van der Waals surface area contributed by atoms with E-state index in [2.05, 4.69) is 63.0 Å². The Morgan fingerprint density at radius 3 is 1.37 bits per heavy atom. The van der Waals surface area contributed by atoms with Crippen LogP contribution in [0.2, 0.25) is 0 Å². The largest absolute Gasteiger partial charge is 0.398 e. The van der Waals surface area contributed by atoms with Crippen molar-refractivity contribution in [3.8, 4) is 0 Å². The second-order valence-corrected chi connectivity index (χ2v) is 7.94. The fourth-order valence-electron chi connectivity index (χ4n) is 3.49. The van der Waals surface area contributed by atoms with Gasteiger partial charge >= 0.3 is 0 Å². The maximum atomic E-state index is 5.75. The van der Waals surface area contributed by atoms with Crippen molar-refractivity contribution in [1.82, 2.24) is 4.98 Å². The normalized spacial score (nSPS) is 9.87. The van der Waals surface area contributed by atoms with Crippen LogP contribution >= 0.6 is 0 Å². The molecule has 0 unspecified atom stereocenters. The van der Waals surface area contributed by atoms with Crippen molar-refractivity contribution in [2.45, 2.75) is 68.2 Å². The summed E-state index contributed by atoms with van der Waals surface area (Å²) in [6, 6.07) is 12.5. The highest BCUT2D eigenvalue weighted by atomic mass is 14.7. The van der Waals surface area contributed by atoms with Gasteiger partial charge in [-0.3, -0.25) is 4.98 Å². The van der Waals surface area contributed by atoms with Gasteiger partial charge in [0.25, 0.3) is 0 Å². The van der Waals surface area contributed by atoms with Gasteiger partial charge in [0, 0.05) is 23.3 Å². The van der Waals surface area contributed by atoms with Crippen LogP contribution in [0.1, 0.15) is 58.5 Å². The van der Waals surface area contributed by atoms with E-state index < -0.39 is 0 Å². The summed E-state index contributed by atoms with van der Waals surface area (Å²) >= 11 is 0. The molecule has 0 aliphatic heterocycles. The summed E-state index contributed by atoms with van der Waals surface area (Å²) in [5.41, 5.74) is 23.2. The van der Waals surface area contributed by atoms with E-state index in [0.29, 0.717) is 0 Å². The minimum atomic E-state index is 0.922. The topological polar surface area (TPSA) is 64.9 Å². The molecule has 4 N–H and O–H groups in total. The van der Waals surface area contributed by atoms with Gasteiger partial charge in [0.15, 0.2) is 0 Å². The van der Waals surface area contributed by atoms with Crippen molar-refractivity contribution < 1.29 is 0 Å². The first-order valence-electron chi connectivity index (χ1n) is 10.7. The Bertz CT molecular complexity index is 834. The molecule has 3 rings (SSSR count). The molecule has 1 heterocycles. The number of hydrogen-bond acceptors (Lipinski definition) is 3. The summed E-state index contributed by atoms with van der Waals surface area (Å²) in [6.45, 7) is 16.6. The molecule has 3 nitrogen and oxygen atoms in total. The van der Waals surface area contributed by atoms with Crippen LogP contribution < -0.4 is 11.5 Å². The fourth-order valence-corrected chi connectivity index (χ4v) is 3.49. The first kappa shape index (κ1) is 25.2. The highest BCUT2D eigenvalue weighted by molar-refractivity contribution is 5.54. The van der Waals surface area contributed by atoms with Crippen molar-refractivity contribution in [3.63, 3.8) is 0 Å². The molecule has 30 heavy (non-hydrogen) atoms. The first-order chi connectivity index (χ1) is 14.1. The summed E-state index contributed by atoms with van der Waals surface area (Å²) in [4.78, 5) is 4.27. The van der Waals surface area contributed by atoms with Gasteiger partial charge < -0.3 is 11.5 Å². The molecule has 2 aromatic carbocycles. The van der Waals surface area contributed by atoms with Gasteiger partial charge in [-0.1, -0.05) is 55.3 Å². The van der Waals surface area contributed by atoms with Crippen LogP contribution in [0.5, 0.6) is 0 Å². The van der Waals surface area contributed by atoms with E-state index in [1.54, 1.807) is 0 Å². The molecule has 0 bridgehead atoms. The van der Waals surface area contributed by atoms with Crippen LogP contribution in [-0.2, 0) is 12.8 Å². The number of aryl methyl sites for hydroxylation is 8. The third kappa shape index (κ3) is 7.55. The second kappa shape index (κ2) is 12.0. The summed E-state index contributed by atoms with van der Waals surface area (Å²) in [5.74, 6) is 0. The standard InChI is InChI=1S/3C9H13N/c2*1-6-4-7(2)9(10)8(3)5-6;1-3-8-6-5-7-10-9(8)4-2/h2*4-5H,10H2,1-3H3;5-7H,3-4H2,1-2H3. The lowest BCUT2D eigenvalue weighted by molar-refractivity contribution is 0.964. The Morgan fingerprint density at radius 1 is 0.667 bits per heavy atom. The smallest absolute Gasteiger partial charge is 0.0432 e. The van der Waals surface area contributed by atoms with Crippen LogP contribution in [0.25, 0.3) is 0 Å². The summed E-state index contributed by atoms with van der Waals surface area (Å²) < 4.78 is 0. The second-order valence-electron chi connectivity index (χ2n) is 7.94. The SMILES string of the molecule is CCc1cccnc1CC.Cc1cc(C)c(N)c(C)c1.Cc1cc(C)c(N)c(C)c1. The van der Waals surface area contributed by atoms with Gasteiger partial charge in [-0.15, -0.1) is 0 Å². The Morgan fingerprint density at radius 2 is 1.07 bits per heavy atom. The number of aromatic nitrogens is 1. The average molecular weight is 406 g/mol. The van der Waals surface area contributed by atoms with E-state index in [0.717, 1.165) is 24.2 Å². The molecule has 0 aliphatic rings. The van der Waals surface area contributed by atoms with E-state index in [-0.39, 0.29) is 0 Å². The number of hydrogen-bond donors (Lipinski definition) is 2. The van der Waals surface area contributed by atoms with Crippen LogP contribution in [0.3, 0.4) is 0 Å². The Kier molecular flexibility index (Phi) is 10.1. The molecule has 0 amide bonds. The molecular weight excluding hydrogens is 366 g/mol. The Balaban J connectivity index is 0.000000225. The molecule has 162 valence electrons. The minimum absolute atomic E-state index is 0.922. The molecule has 0 fully saturated rings. The predicted molar refractivity (Wildman–Crippen MR) is 133 cm³/mol.